The van der Waals surface area contributed by atoms with Crippen LogP contribution in [0, 0.1) is 0 Å². The largest absolute Gasteiger partial charge is 0.496 e. The molecule has 2 aromatic carbocycles. The second kappa shape index (κ2) is 9.32. The van der Waals surface area contributed by atoms with Gasteiger partial charge in [-0.05, 0) is 42.0 Å². The van der Waals surface area contributed by atoms with Crippen molar-refractivity contribution < 1.29 is 14.2 Å². The van der Waals surface area contributed by atoms with Crippen LogP contribution in [0.3, 0.4) is 0 Å². The molecule has 29 heavy (non-hydrogen) atoms. The molecule has 0 saturated heterocycles. The Balaban J connectivity index is 1.69. The van der Waals surface area contributed by atoms with Gasteiger partial charge in [-0.1, -0.05) is 24.3 Å². The van der Waals surface area contributed by atoms with Crippen molar-refractivity contribution in [2.45, 2.75) is 13.2 Å². The van der Waals surface area contributed by atoms with Crippen LogP contribution in [0.2, 0.25) is 0 Å². The first-order valence-corrected chi connectivity index (χ1v) is 9.48. The molecule has 6 nitrogen and oxygen atoms in total. The second-order valence-electron chi connectivity index (χ2n) is 6.62. The van der Waals surface area contributed by atoms with E-state index in [1.54, 1.807) is 13.3 Å². The minimum absolute atomic E-state index is 0.447. The molecule has 1 N–H and O–H groups in total. The normalized spacial score (nSPS) is 15.5. The fourth-order valence-electron chi connectivity index (χ4n) is 3.12. The Kier molecular flexibility index (Phi) is 6.14. The molecule has 0 aliphatic carbocycles. The van der Waals surface area contributed by atoms with E-state index in [-0.39, 0.29) is 0 Å². The van der Waals surface area contributed by atoms with Crippen LogP contribution in [0.1, 0.15) is 11.1 Å². The molecule has 4 rings (SSSR count). The highest BCUT2D eigenvalue weighted by Gasteiger charge is 2.09. The van der Waals surface area contributed by atoms with Gasteiger partial charge in [0, 0.05) is 23.0 Å². The average molecular weight is 389 g/mol. The van der Waals surface area contributed by atoms with E-state index in [4.69, 9.17) is 14.2 Å². The van der Waals surface area contributed by atoms with Gasteiger partial charge in [-0.3, -0.25) is 0 Å². The smallest absolute Gasteiger partial charge is 0.227 e. The van der Waals surface area contributed by atoms with E-state index in [1.807, 2.05) is 60.7 Å². The van der Waals surface area contributed by atoms with Crippen LogP contribution in [0.15, 0.2) is 66.9 Å². The summed E-state index contributed by atoms with van der Waals surface area (Å²) in [4.78, 5) is 9.03. The number of nitrogens with one attached hydrogen (secondary N) is 1. The SMILES string of the molecule is COc1ccc2cc1COC/C=C/COCc1cccc(c1)Nc1nccc-2n1. The molecule has 1 aromatic heterocycles. The Morgan fingerprint density at radius 2 is 1.83 bits per heavy atom. The summed E-state index contributed by atoms with van der Waals surface area (Å²) in [6.45, 7) is 2.02. The predicted molar refractivity (Wildman–Crippen MR) is 112 cm³/mol. The number of benzene rings is 2. The van der Waals surface area contributed by atoms with E-state index in [9.17, 15) is 0 Å². The molecule has 1 aliphatic rings. The molecule has 3 aromatic rings. The second-order valence-corrected chi connectivity index (χ2v) is 6.62. The number of aromatic nitrogens is 2. The van der Waals surface area contributed by atoms with Crippen molar-refractivity contribution in [3.63, 3.8) is 0 Å². The summed E-state index contributed by atoms with van der Waals surface area (Å²) in [5.41, 5.74) is 4.78. The topological polar surface area (TPSA) is 65.5 Å². The lowest BCUT2D eigenvalue weighted by Gasteiger charge is -2.12. The van der Waals surface area contributed by atoms with E-state index in [0.717, 1.165) is 33.8 Å². The monoisotopic (exact) mass is 389 g/mol. The lowest BCUT2D eigenvalue weighted by atomic mass is 10.1. The van der Waals surface area contributed by atoms with Crippen molar-refractivity contribution in [2.75, 3.05) is 25.6 Å². The molecular formula is C23H23N3O3. The summed E-state index contributed by atoms with van der Waals surface area (Å²) < 4.78 is 17.0. The first kappa shape index (κ1) is 19.1. The zero-order chi connectivity index (χ0) is 19.9. The first-order chi connectivity index (χ1) is 14.3. The van der Waals surface area contributed by atoms with E-state index >= 15 is 0 Å². The zero-order valence-electron chi connectivity index (χ0n) is 16.3. The standard InChI is InChI=1S/C23H23N3O3/c1-27-22-8-7-18-14-19(22)16-29-12-3-2-11-28-15-17-5-4-6-20(13-17)25-23-24-10-9-21(18)26-23/h2-10,13-14H,11-12,15-16H2,1H3,(H,24,25,26)/b3-2+. The lowest BCUT2D eigenvalue weighted by Crippen LogP contribution is -2.01. The molecule has 0 fully saturated rings. The number of nitrogens with zero attached hydrogens (tertiary/aromatic N) is 2. The maximum absolute atomic E-state index is 5.78. The fourth-order valence-corrected chi connectivity index (χ4v) is 3.12. The number of fused-ring (bicyclic) bond motifs is 7. The van der Waals surface area contributed by atoms with Crippen LogP contribution in [-0.4, -0.2) is 30.3 Å². The molecule has 0 unspecified atom stereocenters. The molecule has 0 spiro atoms. The Bertz CT molecular complexity index is 1000. The van der Waals surface area contributed by atoms with Crippen molar-refractivity contribution in [3.05, 3.63) is 78.0 Å². The van der Waals surface area contributed by atoms with Gasteiger partial charge < -0.3 is 19.5 Å². The van der Waals surface area contributed by atoms with Crippen LogP contribution < -0.4 is 10.1 Å². The summed E-state index contributed by atoms with van der Waals surface area (Å²) in [7, 11) is 1.66. The van der Waals surface area contributed by atoms with Gasteiger partial charge in [0.15, 0.2) is 0 Å². The summed E-state index contributed by atoms with van der Waals surface area (Å²) in [5, 5.41) is 3.28. The minimum Gasteiger partial charge on any atom is -0.496 e. The number of anilines is 2. The maximum atomic E-state index is 5.78. The molecule has 0 saturated carbocycles. The lowest BCUT2D eigenvalue weighted by molar-refractivity contribution is 0.139. The van der Waals surface area contributed by atoms with Gasteiger partial charge in [0.1, 0.15) is 5.75 Å². The highest BCUT2D eigenvalue weighted by molar-refractivity contribution is 5.64. The van der Waals surface area contributed by atoms with E-state index in [1.165, 1.54) is 0 Å². The van der Waals surface area contributed by atoms with Crippen LogP contribution in [-0.2, 0) is 22.7 Å². The van der Waals surface area contributed by atoms with Crippen LogP contribution in [0.4, 0.5) is 11.6 Å². The molecule has 6 heteroatoms. The molecule has 0 amide bonds. The fraction of sp³-hybridized carbons (Fsp3) is 0.217. The third kappa shape index (κ3) is 4.99. The highest BCUT2D eigenvalue weighted by atomic mass is 16.5. The Morgan fingerprint density at radius 3 is 2.69 bits per heavy atom. The van der Waals surface area contributed by atoms with Gasteiger partial charge in [0.2, 0.25) is 5.95 Å². The molecule has 6 bridgehead atoms. The highest BCUT2D eigenvalue weighted by Crippen LogP contribution is 2.27. The number of hydrogen-bond acceptors (Lipinski definition) is 6. The van der Waals surface area contributed by atoms with Gasteiger partial charge >= 0.3 is 0 Å². The van der Waals surface area contributed by atoms with Gasteiger partial charge in [0.05, 0.1) is 39.2 Å². The van der Waals surface area contributed by atoms with E-state index in [0.29, 0.717) is 32.4 Å². The quantitative estimate of drug-likeness (QED) is 0.618. The number of hydrogen-bond donors (Lipinski definition) is 1. The molecule has 0 atom stereocenters. The minimum atomic E-state index is 0.447. The van der Waals surface area contributed by atoms with Gasteiger partial charge in [-0.15, -0.1) is 0 Å². The van der Waals surface area contributed by atoms with Crippen molar-refractivity contribution >= 4 is 11.6 Å². The van der Waals surface area contributed by atoms with Gasteiger partial charge in [-0.25, -0.2) is 9.97 Å². The predicted octanol–water partition coefficient (Wildman–Crippen LogP) is 4.50. The third-order valence-electron chi connectivity index (χ3n) is 4.54. The maximum Gasteiger partial charge on any atom is 0.227 e. The molecule has 1 aliphatic heterocycles. The summed E-state index contributed by atoms with van der Waals surface area (Å²) >= 11 is 0. The number of rotatable bonds is 1. The zero-order valence-corrected chi connectivity index (χ0v) is 16.3. The van der Waals surface area contributed by atoms with Crippen LogP contribution in [0.25, 0.3) is 11.3 Å². The summed E-state index contributed by atoms with van der Waals surface area (Å²) in [6, 6.07) is 15.9. The first-order valence-electron chi connectivity index (χ1n) is 9.48. The van der Waals surface area contributed by atoms with E-state index in [2.05, 4.69) is 15.3 Å². The Morgan fingerprint density at radius 1 is 0.966 bits per heavy atom. The molecule has 0 radical (unpaired) electrons. The Labute approximate surface area is 170 Å². The molecule has 148 valence electrons. The van der Waals surface area contributed by atoms with E-state index < -0.39 is 0 Å². The van der Waals surface area contributed by atoms with Crippen molar-refractivity contribution in [1.82, 2.24) is 9.97 Å². The van der Waals surface area contributed by atoms with Gasteiger partial charge in [-0.2, -0.15) is 0 Å². The summed E-state index contributed by atoms with van der Waals surface area (Å²) in [6.07, 6.45) is 5.69. The average Bonchev–Trinajstić information content (AvgIpc) is 2.75. The van der Waals surface area contributed by atoms with Crippen molar-refractivity contribution in [1.29, 1.82) is 0 Å². The van der Waals surface area contributed by atoms with Crippen molar-refractivity contribution in [3.8, 4) is 17.0 Å². The van der Waals surface area contributed by atoms with Crippen molar-refractivity contribution in [2.24, 2.45) is 0 Å². The summed E-state index contributed by atoms with van der Waals surface area (Å²) in [5.74, 6) is 1.33. The van der Waals surface area contributed by atoms with Gasteiger partial charge in [0.25, 0.3) is 0 Å². The Hall–Kier alpha value is -3.22. The van der Waals surface area contributed by atoms with Crippen LogP contribution >= 0.6 is 0 Å². The number of ether oxygens (including phenoxy) is 3. The molecular weight excluding hydrogens is 366 g/mol. The molecule has 2 heterocycles. The third-order valence-corrected chi connectivity index (χ3v) is 4.54. The van der Waals surface area contributed by atoms with Crippen LogP contribution in [0.5, 0.6) is 5.75 Å². The number of methoxy groups -OCH3 is 1.